The van der Waals surface area contributed by atoms with Gasteiger partial charge in [-0.1, -0.05) is 32.0 Å². The van der Waals surface area contributed by atoms with Crippen LogP contribution in [0.2, 0.25) is 0 Å². The number of rotatable bonds is 3. The summed E-state index contributed by atoms with van der Waals surface area (Å²) >= 11 is 0. The molecule has 1 aromatic carbocycles. The van der Waals surface area contributed by atoms with E-state index < -0.39 is 0 Å². The Morgan fingerprint density at radius 1 is 1.15 bits per heavy atom. The van der Waals surface area contributed by atoms with Crippen LogP contribution < -0.4 is 10.6 Å². The minimum atomic E-state index is 0.702. The maximum absolute atomic E-state index is 3.81. The topological polar surface area (TPSA) is 24.1 Å². The molecule has 1 saturated carbocycles. The lowest BCUT2D eigenvalue weighted by Crippen LogP contribution is -2.36. The fraction of sp³-hybridized carbons (Fsp3) is 0.667. The highest BCUT2D eigenvalue weighted by atomic mass is 14.9. The smallest absolute Gasteiger partial charge is 0.0418 e. The first kappa shape index (κ1) is 13.9. The van der Waals surface area contributed by atoms with Gasteiger partial charge in [0.05, 0.1) is 0 Å². The van der Waals surface area contributed by atoms with Crippen molar-refractivity contribution in [1.82, 2.24) is 5.32 Å². The fourth-order valence-corrected chi connectivity index (χ4v) is 4.10. The van der Waals surface area contributed by atoms with Gasteiger partial charge >= 0.3 is 0 Å². The molecule has 2 nitrogen and oxygen atoms in total. The van der Waals surface area contributed by atoms with Gasteiger partial charge in [0.2, 0.25) is 0 Å². The van der Waals surface area contributed by atoms with Crippen LogP contribution in [0.25, 0.3) is 0 Å². The molecule has 0 radical (unpaired) electrons. The van der Waals surface area contributed by atoms with Crippen LogP contribution in [0.15, 0.2) is 18.2 Å². The van der Waals surface area contributed by atoms with Crippen molar-refractivity contribution in [2.24, 2.45) is 11.8 Å². The van der Waals surface area contributed by atoms with Gasteiger partial charge in [0.25, 0.3) is 0 Å². The first-order valence-electron chi connectivity index (χ1n) is 8.30. The maximum Gasteiger partial charge on any atom is 0.0418 e. The molecule has 110 valence electrons. The van der Waals surface area contributed by atoms with E-state index in [0.29, 0.717) is 6.04 Å². The highest BCUT2D eigenvalue weighted by Crippen LogP contribution is 2.30. The molecule has 1 aliphatic heterocycles. The molecular formula is C18H28N2. The van der Waals surface area contributed by atoms with Crippen molar-refractivity contribution in [2.45, 2.75) is 58.5 Å². The third-order valence-corrected chi connectivity index (χ3v) is 4.92. The molecule has 1 heterocycles. The molecule has 2 unspecified atom stereocenters. The zero-order valence-electron chi connectivity index (χ0n) is 12.9. The lowest BCUT2D eigenvalue weighted by Gasteiger charge is -2.32. The first-order chi connectivity index (χ1) is 9.72. The van der Waals surface area contributed by atoms with Gasteiger partial charge in [-0.25, -0.2) is 0 Å². The van der Waals surface area contributed by atoms with E-state index in [1.807, 2.05) is 0 Å². The summed E-state index contributed by atoms with van der Waals surface area (Å²) in [6, 6.07) is 7.47. The SMILES string of the molecule is CC1CC(C)CC(NCc2cccc3c2NCCC3)C1. The van der Waals surface area contributed by atoms with Crippen LogP contribution in [0.5, 0.6) is 0 Å². The molecule has 2 aliphatic rings. The summed E-state index contributed by atoms with van der Waals surface area (Å²) in [5, 5.41) is 7.41. The van der Waals surface area contributed by atoms with E-state index in [-0.39, 0.29) is 0 Å². The zero-order valence-corrected chi connectivity index (χ0v) is 12.9. The molecule has 2 N–H and O–H groups in total. The van der Waals surface area contributed by atoms with Crippen LogP contribution in [0.1, 0.15) is 50.7 Å². The Morgan fingerprint density at radius 3 is 2.75 bits per heavy atom. The number of para-hydroxylation sites is 1. The molecular weight excluding hydrogens is 244 g/mol. The van der Waals surface area contributed by atoms with Crippen LogP contribution in [-0.4, -0.2) is 12.6 Å². The van der Waals surface area contributed by atoms with Crippen LogP contribution in [0, 0.1) is 11.8 Å². The number of aryl methyl sites for hydroxylation is 1. The Labute approximate surface area is 123 Å². The average molecular weight is 272 g/mol. The Morgan fingerprint density at radius 2 is 1.95 bits per heavy atom. The number of nitrogens with one attached hydrogen (secondary N) is 2. The normalized spacial score (nSPS) is 29.6. The molecule has 2 atom stereocenters. The maximum atomic E-state index is 3.81. The number of anilines is 1. The minimum absolute atomic E-state index is 0.702. The lowest BCUT2D eigenvalue weighted by molar-refractivity contribution is 0.238. The summed E-state index contributed by atoms with van der Waals surface area (Å²) < 4.78 is 0. The van der Waals surface area contributed by atoms with Gasteiger partial charge in [0.1, 0.15) is 0 Å². The minimum Gasteiger partial charge on any atom is -0.385 e. The molecule has 1 aromatic rings. The van der Waals surface area contributed by atoms with Crippen LogP contribution in [0.3, 0.4) is 0 Å². The molecule has 0 bridgehead atoms. The Hall–Kier alpha value is -1.02. The largest absolute Gasteiger partial charge is 0.385 e. The second-order valence-corrected chi connectivity index (χ2v) is 6.98. The van der Waals surface area contributed by atoms with Crippen LogP contribution in [0.4, 0.5) is 5.69 Å². The van der Waals surface area contributed by atoms with Crippen molar-refractivity contribution in [3.8, 4) is 0 Å². The Kier molecular flexibility index (Phi) is 4.30. The van der Waals surface area contributed by atoms with E-state index in [2.05, 4.69) is 42.7 Å². The highest BCUT2D eigenvalue weighted by Gasteiger charge is 2.23. The predicted octanol–water partition coefficient (Wildman–Crippen LogP) is 3.96. The molecule has 0 aromatic heterocycles. The van der Waals surface area contributed by atoms with Crippen molar-refractivity contribution in [3.05, 3.63) is 29.3 Å². The monoisotopic (exact) mass is 272 g/mol. The van der Waals surface area contributed by atoms with Crippen molar-refractivity contribution in [1.29, 1.82) is 0 Å². The molecule has 3 rings (SSSR count). The third kappa shape index (κ3) is 3.17. The van der Waals surface area contributed by atoms with Crippen LogP contribution >= 0.6 is 0 Å². The molecule has 0 amide bonds. The van der Waals surface area contributed by atoms with Gasteiger partial charge in [0, 0.05) is 24.8 Å². The van der Waals surface area contributed by atoms with E-state index in [1.165, 1.54) is 48.9 Å². The van der Waals surface area contributed by atoms with E-state index in [4.69, 9.17) is 0 Å². The van der Waals surface area contributed by atoms with Crippen molar-refractivity contribution in [2.75, 3.05) is 11.9 Å². The van der Waals surface area contributed by atoms with E-state index in [1.54, 1.807) is 0 Å². The quantitative estimate of drug-likeness (QED) is 0.870. The van der Waals surface area contributed by atoms with E-state index >= 15 is 0 Å². The zero-order chi connectivity index (χ0) is 13.9. The van der Waals surface area contributed by atoms with Gasteiger partial charge in [0.15, 0.2) is 0 Å². The Balaban J connectivity index is 1.63. The predicted molar refractivity (Wildman–Crippen MR) is 86.1 cm³/mol. The summed E-state index contributed by atoms with van der Waals surface area (Å²) in [5.74, 6) is 1.75. The second kappa shape index (κ2) is 6.17. The molecule has 1 fully saturated rings. The molecule has 20 heavy (non-hydrogen) atoms. The number of benzene rings is 1. The van der Waals surface area contributed by atoms with E-state index in [9.17, 15) is 0 Å². The van der Waals surface area contributed by atoms with E-state index in [0.717, 1.165) is 24.9 Å². The number of fused-ring (bicyclic) bond motifs is 1. The summed E-state index contributed by atoms with van der Waals surface area (Å²) in [6.07, 6.45) is 6.58. The fourth-order valence-electron chi connectivity index (χ4n) is 4.10. The number of hydrogen-bond donors (Lipinski definition) is 2. The van der Waals surface area contributed by atoms with Gasteiger partial charge in [-0.05, 0) is 55.1 Å². The molecule has 2 heteroatoms. The van der Waals surface area contributed by atoms with Crippen molar-refractivity contribution in [3.63, 3.8) is 0 Å². The standard InChI is InChI=1S/C18H28N2/c1-13-9-14(2)11-17(10-13)20-12-16-6-3-5-15-7-4-8-19-18(15)16/h3,5-6,13-14,17,19-20H,4,7-12H2,1-2H3. The summed E-state index contributed by atoms with van der Waals surface area (Å²) in [5.41, 5.74) is 4.36. The van der Waals surface area contributed by atoms with Gasteiger partial charge in [-0.2, -0.15) is 0 Å². The third-order valence-electron chi connectivity index (χ3n) is 4.92. The molecule has 1 aliphatic carbocycles. The van der Waals surface area contributed by atoms with Gasteiger partial charge in [-0.15, -0.1) is 0 Å². The second-order valence-electron chi connectivity index (χ2n) is 6.98. The van der Waals surface area contributed by atoms with Crippen molar-refractivity contribution < 1.29 is 0 Å². The number of hydrogen-bond acceptors (Lipinski definition) is 2. The summed E-state index contributed by atoms with van der Waals surface area (Å²) in [6.45, 7) is 6.94. The average Bonchev–Trinajstić information content (AvgIpc) is 2.44. The Bertz CT molecular complexity index is 445. The summed E-state index contributed by atoms with van der Waals surface area (Å²) in [7, 11) is 0. The lowest BCUT2D eigenvalue weighted by atomic mass is 9.80. The molecule has 0 spiro atoms. The van der Waals surface area contributed by atoms with Crippen molar-refractivity contribution >= 4 is 5.69 Å². The van der Waals surface area contributed by atoms with Gasteiger partial charge < -0.3 is 10.6 Å². The van der Waals surface area contributed by atoms with Gasteiger partial charge in [-0.3, -0.25) is 0 Å². The first-order valence-corrected chi connectivity index (χ1v) is 8.30. The molecule has 0 saturated heterocycles. The summed E-state index contributed by atoms with van der Waals surface area (Å²) in [4.78, 5) is 0. The van der Waals surface area contributed by atoms with Crippen LogP contribution in [-0.2, 0) is 13.0 Å². The highest BCUT2D eigenvalue weighted by molar-refractivity contribution is 5.59.